The molecule has 0 radical (unpaired) electrons. The van der Waals surface area contributed by atoms with Crippen LogP contribution in [0, 0.1) is 18.3 Å². The number of carbonyl (C=O) groups excluding carboxylic acids is 2. The number of Topliss-reactive ketones (excluding diaryl/α,β-unsaturated/α-hetero) is 1. The van der Waals surface area contributed by atoms with Crippen LogP contribution < -0.4 is 5.32 Å². The van der Waals surface area contributed by atoms with Gasteiger partial charge in [0.2, 0.25) is 5.91 Å². The van der Waals surface area contributed by atoms with Crippen molar-refractivity contribution in [3.8, 4) is 11.8 Å². The summed E-state index contributed by atoms with van der Waals surface area (Å²) in [5, 5.41) is 13.1. The normalized spacial score (nSPS) is 14.1. The Morgan fingerprint density at radius 1 is 1.12 bits per heavy atom. The number of nitriles is 1. The van der Waals surface area contributed by atoms with Gasteiger partial charge in [0.15, 0.2) is 15.6 Å². The van der Waals surface area contributed by atoms with Gasteiger partial charge in [0.05, 0.1) is 46.9 Å². The molecule has 1 saturated heterocycles. The summed E-state index contributed by atoms with van der Waals surface area (Å²) in [5.74, 6) is -0.486. The van der Waals surface area contributed by atoms with Crippen molar-refractivity contribution in [1.82, 2.24) is 19.8 Å². The number of fused-ring (bicyclic) bond motifs is 1. The van der Waals surface area contributed by atoms with Crippen LogP contribution in [0.3, 0.4) is 0 Å². The quantitative estimate of drug-likeness (QED) is 0.373. The molecule has 0 atom stereocenters. The van der Waals surface area contributed by atoms with Crippen molar-refractivity contribution in [3.05, 3.63) is 69.9 Å². The molecule has 10 heteroatoms. The Hall–Kier alpha value is -3.81. The molecule has 1 aromatic carbocycles. The maximum absolute atomic E-state index is 13.6. The summed E-state index contributed by atoms with van der Waals surface area (Å²) in [6.07, 6.45) is 4.97. The molecule has 3 aromatic rings. The highest BCUT2D eigenvalue weighted by atomic mass is 32.2. The van der Waals surface area contributed by atoms with Gasteiger partial charge in [-0.1, -0.05) is 12.0 Å². The van der Waals surface area contributed by atoms with Crippen molar-refractivity contribution < 1.29 is 18.0 Å². The number of piperidine rings is 1. The summed E-state index contributed by atoms with van der Waals surface area (Å²) in [7, 11) is -3.39. The van der Waals surface area contributed by atoms with Crippen molar-refractivity contribution >= 4 is 32.6 Å². The predicted molar refractivity (Wildman–Crippen MR) is 155 cm³/mol. The third-order valence-corrected chi connectivity index (χ3v) is 8.54. The summed E-state index contributed by atoms with van der Waals surface area (Å²) in [5.41, 5.74) is 5.21. The van der Waals surface area contributed by atoms with Gasteiger partial charge in [0.25, 0.3) is 0 Å². The highest BCUT2D eigenvalue weighted by Crippen LogP contribution is 2.30. The van der Waals surface area contributed by atoms with Crippen LogP contribution in [0.1, 0.15) is 60.3 Å². The van der Waals surface area contributed by atoms with E-state index in [2.05, 4.69) is 21.3 Å². The second-order valence-corrected chi connectivity index (χ2v) is 12.5. The maximum atomic E-state index is 13.6. The van der Waals surface area contributed by atoms with Crippen LogP contribution in [0.15, 0.2) is 47.5 Å². The second-order valence-electron chi connectivity index (χ2n) is 10.5. The minimum Gasteiger partial charge on any atom is -0.355 e. The number of benzene rings is 1. The van der Waals surface area contributed by atoms with Crippen LogP contribution in [0.2, 0.25) is 0 Å². The molecular formula is C30H35N5O4S. The third kappa shape index (κ3) is 7.03. The second kappa shape index (κ2) is 12.6. The van der Waals surface area contributed by atoms with E-state index in [9.17, 15) is 23.3 Å². The van der Waals surface area contributed by atoms with E-state index < -0.39 is 9.84 Å². The van der Waals surface area contributed by atoms with Crippen molar-refractivity contribution in [2.24, 2.45) is 0 Å². The number of nitrogens with zero attached hydrogens (tertiary/aromatic N) is 4. The number of amides is 1. The van der Waals surface area contributed by atoms with Crippen molar-refractivity contribution in [1.29, 1.82) is 5.26 Å². The number of sulfone groups is 1. The molecule has 0 unspecified atom stereocenters. The SMILES string of the molecule is CC(C)=CS(=O)(=O)CCNC(=O)Cc1cnc2c(C(=O)CN3CCCCC3)c(C)n(-c3ccc(C#N)cc3)c2c1. The van der Waals surface area contributed by atoms with Crippen LogP contribution in [-0.4, -0.2) is 66.5 Å². The Morgan fingerprint density at radius 3 is 2.48 bits per heavy atom. The topological polar surface area (TPSA) is 125 Å². The van der Waals surface area contributed by atoms with Gasteiger partial charge < -0.3 is 9.88 Å². The molecule has 0 aliphatic carbocycles. The summed E-state index contributed by atoms with van der Waals surface area (Å²) < 4.78 is 26.1. The number of rotatable bonds is 10. The minimum absolute atomic E-state index is 0.00682. The fourth-order valence-electron chi connectivity index (χ4n) is 5.17. The lowest BCUT2D eigenvalue weighted by Crippen LogP contribution is -2.34. The molecular weight excluding hydrogens is 526 g/mol. The molecule has 0 saturated carbocycles. The Bertz CT molecular complexity index is 1590. The van der Waals surface area contributed by atoms with Gasteiger partial charge in [0, 0.05) is 29.5 Å². The van der Waals surface area contributed by atoms with Gasteiger partial charge in [-0.25, -0.2) is 8.42 Å². The smallest absolute Gasteiger partial charge is 0.224 e. The van der Waals surface area contributed by atoms with Crippen LogP contribution in [0.25, 0.3) is 16.7 Å². The van der Waals surface area contributed by atoms with Gasteiger partial charge >= 0.3 is 0 Å². The number of likely N-dealkylation sites (tertiary alicyclic amines) is 1. The average molecular weight is 562 g/mol. The van der Waals surface area contributed by atoms with E-state index in [-0.39, 0.29) is 30.4 Å². The highest BCUT2D eigenvalue weighted by Gasteiger charge is 2.25. The molecule has 1 amide bonds. The molecule has 2 aromatic heterocycles. The number of aromatic nitrogens is 2. The van der Waals surface area contributed by atoms with E-state index >= 15 is 0 Å². The number of ketones is 1. The fourth-order valence-corrected chi connectivity index (χ4v) is 6.39. The summed E-state index contributed by atoms with van der Waals surface area (Å²) in [6, 6.07) is 11.1. The molecule has 1 aliphatic rings. The number of carbonyl (C=O) groups is 2. The lowest BCUT2D eigenvalue weighted by atomic mass is 10.1. The van der Waals surface area contributed by atoms with Crippen molar-refractivity contribution in [2.75, 3.05) is 31.9 Å². The number of hydrogen-bond donors (Lipinski definition) is 1. The first-order valence-electron chi connectivity index (χ1n) is 13.5. The van der Waals surface area contributed by atoms with Crippen molar-refractivity contribution in [3.63, 3.8) is 0 Å². The standard InChI is InChI=1S/C30H35N5O4S/c1-21(2)20-40(38,39)14-11-32-28(37)16-24-15-26-30(33-18-24)29(27(36)19-34-12-5-4-6-13-34)22(3)35(26)25-9-7-23(17-31)8-10-25/h7-10,15,18,20H,4-6,11-14,16,19H2,1-3H3,(H,32,37). The molecule has 9 nitrogen and oxygen atoms in total. The predicted octanol–water partition coefficient (Wildman–Crippen LogP) is 3.87. The van der Waals surface area contributed by atoms with E-state index in [1.807, 2.05) is 29.7 Å². The molecule has 0 bridgehead atoms. The zero-order valence-electron chi connectivity index (χ0n) is 23.2. The zero-order valence-corrected chi connectivity index (χ0v) is 24.1. The molecule has 3 heterocycles. The maximum Gasteiger partial charge on any atom is 0.224 e. The molecule has 210 valence electrons. The molecule has 1 aliphatic heterocycles. The molecule has 1 fully saturated rings. The van der Waals surface area contributed by atoms with Gasteiger partial charge in [0.1, 0.15) is 0 Å². The van der Waals surface area contributed by atoms with Crippen LogP contribution in [0.5, 0.6) is 0 Å². The zero-order chi connectivity index (χ0) is 28.9. The summed E-state index contributed by atoms with van der Waals surface area (Å²) in [4.78, 5) is 33.0. The summed E-state index contributed by atoms with van der Waals surface area (Å²) in [6.45, 7) is 7.46. The third-order valence-electron chi connectivity index (χ3n) is 6.94. The first kappa shape index (κ1) is 29.2. The van der Waals surface area contributed by atoms with Gasteiger partial charge in [-0.3, -0.25) is 19.5 Å². The molecule has 4 rings (SSSR count). The Balaban J connectivity index is 1.63. The van der Waals surface area contributed by atoms with Gasteiger partial charge in [-0.15, -0.1) is 0 Å². The van der Waals surface area contributed by atoms with Crippen LogP contribution in [0.4, 0.5) is 0 Å². The Morgan fingerprint density at radius 2 is 1.82 bits per heavy atom. The van der Waals surface area contributed by atoms with E-state index in [1.165, 1.54) is 11.8 Å². The van der Waals surface area contributed by atoms with E-state index in [0.29, 0.717) is 39.8 Å². The molecule has 1 N–H and O–H groups in total. The Labute approximate surface area is 235 Å². The number of allylic oxidation sites excluding steroid dienone is 1. The Kier molecular flexibility index (Phi) is 9.17. The lowest BCUT2D eigenvalue weighted by Gasteiger charge is -2.25. The van der Waals surface area contributed by atoms with Crippen LogP contribution >= 0.6 is 0 Å². The number of pyridine rings is 1. The van der Waals surface area contributed by atoms with Crippen LogP contribution in [-0.2, 0) is 21.1 Å². The largest absolute Gasteiger partial charge is 0.355 e. The number of nitrogens with one attached hydrogen (secondary N) is 1. The van der Waals surface area contributed by atoms with Crippen molar-refractivity contribution in [2.45, 2.75) is 46.5 Å². The first-order valence-corrected chi connectivity index (χ1v) is 15.2. The highest BCUT2D eigenvalue weighted by molar-refractivity contribution is 7.94. The minimum atomic E-state index is -3.39. The molecule has 40 heavy (non-hydrogen) atoms. The monoisotopic (exact) mass is 561 g/mol. The fraction of sp³-hybridized carbons (Fsp3) is 0.400. The van der Waals surface area contributed by atoms with Gasteiger partial charge in [-0.2, -0.15) is 5.26 Å². The van der Waals surface area contributed by atoms with E-state index in [1.54, 1.807) is 32.2 Å². The molecule has 0 spiro atoms. The number of hydrogen-bond acceptors (Lipinski definition) is 7. The summed E-state index contributed by atoms with van der Waals surface area (Å²) >= 11 is 0. The average Bonchev–Trinajstić information content (AvgIpc) is 3.19. The van der Waals surface area contributed by atoms with E-state index in [4.69, 9.17) is 0 Å². The lowest BCUT2D eigenvalue weighted by molar-refractivity contribution is -0.120. The van der Waals surface area contributed by atoms with Gasteiger partial charge in [-0.05, 0) is 82.6 Å². The van der Waals surface area contributed by atoms with E-state index in [0.717, 1.165) is 37.3 Å². The first-order chi connectivity index (χ1) is 19.1.